The SMILES string of the molecule is C/C=C(/O)c1cc(Br)ccc1NC=O. The first kappa shape index (κ1) is 10.8. The van der Waals surface area contributed by atoms with Crippen molar-refractivity contribution in [1.82, 2.24) is 0 Å². The van der Waals surface area contributed by atoms with Crippen LogP contribution in [0.15, 0.2) is 28.7 Å². The molecule has 1 rings (SSSR count). The van der Waals surface area contributed by atoms with Gasteiger partial charge in [-0.2, -0.15) is 0 Å². The van der Waals surface area contributed by atoms with E-state index in [1.165, 1.54) is 0 Å². The number of allylic oxidation sites excluding steroid dienone is 1. The number of halogens is 1. The first-order chi connectivity index (χ1) is 6.69. The highest BCUT2D eigenvalue weighted by Crippen LogP contribution is 2.25. The van der Waals surface area contributed by atoms with E-state index < -0.39 is 0 Å². The summed E-state index contributed by atoms with van der Waals surface area (Å²) in [7, 11) is 0. The summed E-state index contributed by atoms with van der Waals surface area (Å²) in [5.41, 5.74) is 1.17. The van der Waals surface area contributed by atoms with Gasteiger partial charge in [-0.05, 0) is 31.2 Å². The average Bonchev–Trinajstić information content (AvgIpc) is 2.20. The van der Waals surface area contributed by atoms with E-state index in [2.05, 4.69) is 21.2 Å². The Labute approximate surface area is 90.6 Å². The quantitative estimate of drug-likeness (QED) is 0.645. The maximum Gasteiger partial charge on any atom is 0.211 e. The summed E-state index contributed by atoms with van der Waals surface area (Å²) in [5.74, 6) is 0.135. The molecule has 0 aliphatic rings. The molecule has 0 spiro atoms. The van der Waals surface area contributed by atoms with Crippen molar-refractivity contribution in [3.8, 4) is 0 Å². The lowest BCUT2D eigenvalue weighted by atomic mass is 10.1. The van der Waals surface area contributed by atoms with Crippen molar-refractivity contribution >= 4 is 33.8 Å². The lowest BCUT2D eigenvalue weighted by Crippen LogP contribution is -1.98. The van der Waals surface area contributed by atoms with Gasteiger partial charge in [0.1, 0.15) is 5.76 Å². The summed E-state index contributed by atoms with van der Waals surface area (Å²) in [4.78, 5) is 10.3. The Hall–Kier alpha value is -1.29. The standard InChI is InChI=1S/C10H10BrNO2/c1-2-10(14)8-5-7(11)3-4-9(8)12-6-13/h2-6,14H,1H3,(H,12,13)/b10-2+. The van der Waals surface area contributed by atoms with E-state index in [4.69, 9.17) is 0 Å². The van der Waals surface area contributed by atoms with Crippen molar-refractivity contribution in [3.05, 3.63) is 34.3 Å². The lowest BCUT2D eigenvalue weighted by Gasteiger charge is -2.07. The largest absolute Gasteiger partial charge is 0.508 e. The fourth-order valence-corrected chi connectivity index (χ4v) is 1.43. The number of hydrogen-bond donors (Lipinski definition) is 2. The van der Waals surface area contributed by atoms with E-state index in [1.54, 1.807) is 31.2 Å². The van der Waals surface area contributed by atoms with Crippen LogP contribution in [-0.4, -0.2) is 11.5 Å². The van der Waals surface area contributed by atoms with Crippen LogP contribution in [0.3, 0.4) is 0 Å². The maximum atomic E-state index is 10.3. The van der Waals surface area contributed by atoms with Crippen LogP contribution < -0.4 is 5.32 Å². The smallest absolute Gasteiger partial charge is 0.211 e. The van der Waals surface area contributed by atoms with Crippen molar-refractivity contribution in [3.63, 3.8) is 0 Å². The summed E-state index contributed by atoms with van der Waals surface area (Å²) in [6.45, 7) is 1.72. The molecule has 3 nitrogen and oxygen atoms in total. The fraction of sp³-hybridized carbons (Fsp3) is 0.100. The predicted molar refractivity (Wildman–Crippen MR) is 60.1 cm³/mol. The number of carbonyl (C=O) groups excluding carboxylic acids is 1. The third-order valence-electron chi connectivity index (χ3n) is 1.75. The number of anilines is 1. The monoisotopic (exact) mass is 255 g/mol. The molecule has 0 atom stereocenters. The first-order valence-electron chi connectivity index (χ1n) is 4.04. The Morgan fingerprint density at radius 2 is 2.29 bits per heavy atom. The van der Waals surface area contributed by atoms with Gasteiger partial charge >= 0.3 is 0 Å². The van der Waals surface area contributed by atoms with Crippen molar-refractivity contribution in [2.45, 2.75) is 6.92 Å². The van der Waals surface area contributed by atoms with Crippen LogP contribution in [0.4, 0.5) is 5.69 Å². The number of carbonyl (C=O) groups is 1. The zero-order chi connectivity index (χ0) is 10.6. The van der Waals surface area contributed by atoms with Gasteiger partial charge < -0.3 is 10.4 Å². The van der Waals surface area contributed by atoms with Crippen LogP contribution in [0.2, 0.25) is 0 Å². The molecular formula is C10H10BrNO2. The topological polar surface area (TPSA) is 49.3 Å². The summed E-state index contributed by atoms with van der Waals surface area (Å²) in [5, 5.41) is 12.1. The Bertz CT molecular complexity index is 374. The highest BCUT2D eigenvalue weighted by Gasteiger charge is 2.05. The molecule has 4 heteroatoms. The highest BCUT2D eigenvalue weighted by molar-refractivity contribution is 9.10. The Balaban J connectivity index is 3.22. The third kappa shape index (κ3) is 2.35. The molecule has 0 aliphatic heterocycles. The average molecular weight is 256 g/mol. The molecule has 0 unspecified atom stereocenters. The number of aliphatic hydroxyl groups is 1. The predicted octanol–water partition coefficient (Wildman–Crippen LogP) is 2.94. The molecule has 1 aromatic rings. The minimum absolute atomic E-state index is 0.135. The highest BCUT2D eigenvalue weighted by atomic mass is 79.9. The molecule has 1 amide bonds. The molecule has 0 heterocycles. The molecule has 0 saturated carbocycles. The summed E-state index contributed by atoms with van der Waals surface area (Å²) < 4.78 is 0.845. The second kappa shape index (κ2) is 4.81. The molecule has 0 radical (unpaired) electrons. The Morgan fingerprint density at radius 1 is 1.57 bits per heavy atom. The Morgan fingerprint density at radius 3 is 2.86 bits per heavy atom. The van der Waals surface area contributed by atoms with Crippen LogP contribution in [0.25, 0.3) is 5.76 Å². The van der Waals surface area contributed by atoms with Gasteiger partial charge in [-0.15, -0.1) is 0 Å². The summed E-state index contributed by atoms with van der Waals surface area (Å²) in [6, 6.07) is 5.24. The minimum atomic E-state index is 0.135. The molecule has 74 valence electrons. The van der Waals surface area contributed by atoms with Crippen molar-refractivity contribution in [2.75, 3.05) is 5.32 Å². The van der Waals surface area contributed by atoms with Gasteiger partial charge in [0, 0.05) is 10.0 Å². The molecule has 0 aromatic heterocycles. The van der Waals surface area contributed by atoms with E-state index in [9.17, 15) is 9.90 Å². The Kier molecular flexibility index (Phi) is 3.71. The molecule has 0 fully saturated rings. The van der Waals surface area contributed by atoms with Gasteiger partial charge in [0.2, 0.25) is 6.41 Å². The van der Waals surface area contributed by atoms with E-state index in [-0.39, 0.29) is 5.76 Å². The van der Waals surface area contributed by atoms with Crippen LogP contribution in [0.5, 0.6) is 0 Å². The van der Waals surface area contributed by atoms with E-state index >= 15 is 0 Å². The molecule has 2 N–H and O–H groups in total. The lowest BCUT2D eigenvalue weighted by molar-refractivity contribution is -0.105. The summed E-state index contributed by atoms with van der Waals surface area (Å²) in [6.07, 6.45) is 2.15. The van der Waals surface area contributed by atoms with E-state index in [0.717, 1.165) is 4.47 Å². The zero-order valence-corrected chi connectivity index (χ0v) is 9.21. The third-order valence-corrected chi connectivity index (χ3v) is 2.24. The number of aliphatic hydroxyl groups excluding tert-OH is 1. The molecule has 0 saturated heterocycles. The first-order valence-corrected chi connectivity index (χ1v) is 4.83. The van der Waals surface area contributed by atoms with Crippen molar-refractivity contribution in [1.29, 1.82) is 0 Å². The van der Waals surface area contributed by atoms with E-state index in [0.29, 0.717) is 17.7 Å². The van der Waals surface area contributed by atoms with Gasteiger partial charge in [-0.1, -0.05) is 15.9 Å². The number of benzene rings is 1. The molecule has 0 bridgehead atoms. The van der Waals surface area contributed by atoms with Crippen LogP contribution in [0.1, 0.15) is 12.5 Å². The second-order valence-corrected chi connectivity index (χ2v) is 3.54. The molecule has 0 aliphatic carbocycles. The van der Waals surface area contributed by atoms with Crippen molar-refractivity contribution < 1.29 is 9.90 Å². The van der Waals surface area contributed by atoms with E-state index in [1.807, 2.05) is 0 Å². The molecular weight excluding hydrogens is 246 g/mol. The van der Waals surface area contributed by atoms with Gasteiger partial charge in [0.05, 0.1) is 5.69 Å². The number of nitrogens with one attached hydrogen (secondary N) is 1. The zero-order valence-electron chi connectivity index (χ0n) is 7.62. The number of rotatable bonds is 3. The second-order valence-electron chi connectivity index (χ2n) is 2.63. The molecule has 14 heavy (non-hydrogen) atoms. The van der Waals surface area contributed by atoms with Gasteiger partial charge in [-0.25, -0.2) is 0 Å². The van der Waals surface area contributed by atoms with Crippen LogP contribution in [0, 0.1) is 0 Å². The normalized spacial score (nSPS) is 11.1. The van der Waals surface area contributed by atoms with Crippen LogP contribution >= 0.6 is 15.9 Å². The van der Waals surface area contributed by atoms with Crippen LogP contribution in [-0.2, 0) is 4.79 Å². The molecule has 1 aromatic carbocycles. The number of hydrogen-bond acceptors (Lipinski definition) is 2. The maximum absolute atomic E-state index is 10.3. The van der Waals surface area contributed by atoms with Gasteiger partial charge in [0.25, 0.3) is 0 Å². The summed E-state index contributed by atoms with van der Waals surface area (Å²) >= 11 is 3.29. The fourth-order valence-electron chi connectivity index (χ4n) is 1.07. The van der Waals surface area contributed by atoms with Crippen molar-refractivity contribution in [2.24, 2.45) is 0 Å². The number of amides is 1. The van der Waals surface area contributed by atoms with Gasteiger partial charge in [-0.3, -0.25) is 4.79 Å². The van der Waals surface area contributed by atoms with Gasteiger partial charge in [0.15, 0.2) is 0 Å². The minimum Gasteiger partial charge on any atom is -0.508 e.